The van der Waals surface area contributed by atoms with E-state index in [0.717, 1.165) is 30.7 Å². The Bertz CT molecular complexity index is 400. The third-order valence-corrected chi connectivity index (χ3v) is 3.54. The van der Waals surface area contributed by atoms with Gasteiger partial charge >= 0.3 is 5.97 Å². The first-order valence-electron chi connectivity index (χ1n) is 5.72. The van der Waals surface area contributed by atoms with Crippen molar-refractivity contribution in [3.05, 3.63) is 21.9 Å². The largest absolute Gasteiger partial charge is 0.477 e. The van der Waals surface area contributed by atoms with Gasteiger partial charge < -0.3 is 10.0 Å². The molecule has 0 aromatic carbocycles. The van der Waals surface area contributed by atoms with Crippen LogP contribution in [0.15, 0.2) is 12.1 Å². The molecule has 1 aromatic heterocycles. The Hall–Kier alpha value is -1.36. The third kappa shape index (κ3) is 3.56. The predicted octanol–water partition coefficient (Wildman–Crippen LogP) is 2.71. The number of hydrogen-bond acceptors (Lipinski definition) is 3. The predicted molar refractivity (Wildman–Crippen MR) is 67.8 cm³/mol. The lowest BCUT2D eigenvalue weighted by Gasteiger charge is -2.19. The maximum absolute atomic E-state index is 12.1. The van der Waals surface area contributed by atoms with Crippen LogP contribution in [0.1, 0.15) is 46.0 Å². The average molecular weight is 255 g/mol. The maximum atomic E-state index is 12.1. The number of rotatable bonds is 6. The third-order valence-electron chi connectivity index (χ3n) is 2.48. The lowest BCUT2D eigenvalue weighted by molar-refractivity contribution is 0.0701. The van der Waals surface area contributed by atoms with Crippen molar-refractivity contribution in [1.82, 2.24) is 4.90 Å². The smallest absolute Gasteiger partial charge is 0.345 e. The number of thiophene rings is 1. The van der Waals surface area contributed by atoms with Crippen molar-refractivity contribution in [3.63, 3.8) is 0 Å². The van der Waals surface area contributed by atoms with Gasteiger partial charge in [0.1, 0.15) is 4.88 Å². The maximum Gasteiger partial charge on any atom is 0.345 e. The highest BCUT2D eigenvalue weighted by molar-refractivity contribution is 7.15. The fraction of sp³-hybridized carbons (Fsp3) is 0.500. The second-order valence-electron chi connectivity index (χ2n) is 3.71. The summed E-state index contributed by atoms with van der Waals surface area (Å²) >= 11 is 1.04. The Balaban J connectivity index is 2.75. The fourth-order valence-corrected chi connectivity index (χ4v) is 2.29. The number of carbonyl (C=O) groups is 2. The first-order chi connectivity index (χ1) is 8.10. The van der Waals surface area contributed by atoms with Gasteiger partial charge in [0, 0.05) is 13.1 Å². The summed E-state index contributed by atoms with van der Waals surface area (Å²) in [4.78, 5) is 25.3. The van der Waals surface area contributed by atoms with Crippen LogP contribution in [0.5, 0.6) is 0 Å². The highest BCUT2D eigenvalue weighted by Gasteiger charge is 2.17. The van der Waals surface area contributed by atoms with Crippen LogP contribution in [0.25, 0.3) is 0 Å². The molecule has 17 heavy (non-hydrogen) atoms. The van der Waals surface area contributed by atoms with Gasteiger partial charge in [-0.15, -0.1) is 11.3 Å². The van der Waals surface area contributed by atoms with E-state index in [9.17, 15) is 9.59 Å². The molecule has 5 heteroatoms. The van der Waals surface area contributed by atoms with Crippen molar-refractivity contribution < 1.29 is 14.7 Å². The van der Waals surface area contributed by atoms with Crippen molar-refractivity contribution >= 4 is 23.2 Å². The van der Waals surface area contributed by atoms with E-state index in [1.54, 1.807) is 11.0 Å². The summed E-state index contributed by atoms with van der Waals surface area (Å²) in [5, 5.41) is 8.80. The van der Waals surface area contributed by atoms with Gasteiger partial charge in [-0.25, -0.2) is 4.79 Å². The molecule has 0 saturated carbocycles. The summed E-state index contributed by atoms with van der Waals surface area (Å²) in [6, 6.07) is 3.07. The molecular formula is C12H17NO3S. The number of unbranched alkanes of at least 4 members (excludes halogenated alkanes) is 1. The molecule has 1 heterocycles. The van der Waals surface area contributed by atoms with Gasteiger partial charge in [-0.3, -0.25) is 4.79 Å². The van der Waals surface area contributed by atoms with E-state index in [-0.39, 0.29) is 10.8 Å². The number of carboxylic acids is 1. The van der Waals surface area contributed by atoms with Gasteiger partial charge in [-0.05, 0) is 25.5 Å². The average Bonchev–Trinajstić information content (AvgIpc) is 2.79. The second-order valence-corrected chi connectivity index (χ2v) is 4.79. The van der Waals surface area contributed by atoms with E-state index in [2.05, 4.69) is 6.92 Å². The molecule has 0 fully saturated rings. The number of carboxylic acid groups (broad SMARTS) is 1. The minimum absolute atomic E-state index is 0.0709. The summed E-state index contributed by atoms with van der Waals surface area (Å²) in [7, 11) is 0. The molecule has 0 saturated heterocycles. The molecule has 0 atom stereocenters. The van der Waals surface area contributed by atoms with E-state index < -0.39 is 5.97 Å². The van der Waals surface area contributed by atoms with Crippen LogP contribution < -0.4 is 0 Å². The van der Waals surface area contributed by atoms with Crippen LogP contribution in [-0.4, -0.2) is 35.0 Å². The van der Waals surface area contributed by atoms with E-state index >= 15 is 0 Å². The van der Waals surface area contributed by atoms with Gasteiger partial charge in [0.05, 0.1) is 4.88 Å². The molecular weight excluding hydrogens is 238 g/mol. The number of nitrogens with zero attached hydrogens (tertiary/aromatic N) is 1. The lowest BCUT2D eigenvalue weighted by atomic mass is 10.3. The fourth-order valence-electron chi connectivity index (χ4n) is 1.48. The Morgan fingerprint density at radius 1 is 1.29 bits per heavy atom. The second kappa shape index (κ2) is 6.39. The van der Waals surface area contributed by atoms with Crippen LogP contribution in [0.3, 0.4) is 0 Å². The highest BCUT2D eigenvalue weighted by atomic mass is 32.1. The van der Waals surface area contributed by atoms with Crippen molar-refractivity contribution in [1.29, 1.82) is 0 Å². The van der Waals surface area contributed by atoms with Crippen molar-refractivity contribution in [2.75, 3.05) is 13.1 Å². The molecule has 1 amide bonds. The topological polar surface area (TPSA) is 57.6 Å². The molecule has 0 unspecified atom stereocenters. The first-order valence-corrected chi connectivity index (χ1v) is 6.54. The molecule has 0 spiro atoms. The monoisotopic (exact) mass is 255 g/mol. The highest BCUT2D eigenvalue weighted by Crippen LogP contribution is 2.18. The molecule has 1 aromatic rings. The SMILES string of the molecule is CCCCN(CC)C(=O)c1ccc(C(=O)O)s1. The minimum atomic E-state index is -0.981. The van der Waals surface area contributed by atoms with Crippen molar-refractivity contribution in [2.24, 2.45) is 0 Å². The summed E-state index contributed by atoms with van der Waals surface area (Å²) < 4.78 is 0. The van der Waals surface area contributed by atoms with Crippen LogP contribution in [0.4, 0.5) is 0 Å². The number of hydrogen-bond donors (Lipinski definition) is 1. The normalized spacial score (nSPS) is 10.2. The zero-order valence-corrected chi connectivity index (χ0v) is 10.9. The van der Waals surface area contributed by atoms with Gasteiger partial charge in [-0.2, -0.15) is 0 Å². The van der Waals surface area contributed by atoms with Crippen molar-refractivity contribution in [2.45, 2.75) is 26.7 Å². The molecule has 1 N–H and O–H groups in total. The molecule has 0 aliphatic heterocycles. The molecule has 0 aliphatic rings. The van der Waals surface area contributed by atoms with Crippen LogP contribution in [0, 0.1) is 0 Å². The molecule has 94 valence electrons. The Morgan fingerprint density at radius 2 is 1.94 bits per heavy atom. The zero-order valence-electron chi connectivity index (χ0n) is 10.1. The van der Waals surface area contributed by atoms with Crippen LogP contribution in [-0.2, 0) is 0 Å². The van der Waals surface area contributed by atoms with Crippen LogP contribution >= 0.6 is 11.3 Å². The number of amides is 1. The quantitative estimate of drug-likeness (QED) is 0.850. The molecule has 0 bridgehead atoms. The summed E-state index contributed by atoms with van der Waals surface area (Å²) in [5.41, 5.74) is 0. The Morgan fingerprint density at radius 3 is 2.41 bits per heavy atom. The number of carbonyl (C=O) groups excluding carboxylic acids is 1. The summed E-state index contributed by atoms with van der Waals surface area (Å²) in [6.45, 7) is 5.39. The van der Waals surface area contributed by atoms with E-state index in [1.807, 2.05) is 6.92 Å². The molecule has 0 aliphatic carbocycles. The number of aromatic carboxylic acids is 1. The molecule has 4 nitrogen and oxygen atoms in total. The zero-order chi connectivity index (χ0) is 12.8. The minimum Gasteiger partial charge on any atom is -0.477 e. The Kier molecular flexibility index (Phi) is 5.15. The molecule has 0 radical (unpaired) electrons. The van der Waals surface area contributed by atoms with Crippen molar-refractivity contribution in [3.8, 4) is 0 Å². The van der Waals surface area contributed by atoms with Gasteiger partial charge in [0.25, 0.3) is 5.91 Å². The Labute approximate surface area is 105 Å². The summed E-state index contributed by atoms with van der Waals surface area (Å²) in [6.07, 6.45) is 2.01. The van der Waals surface area contributed by atoms with Gasteiger partial charge in [0.15, 0.2) is 0 Å². The van der Waals surface area contributed by atoms with E-state index in [0.29, 0.717) is 11.4 Å². The first kappa shape index (κ1) is 13.7. The van der Waals surface area contributed by atoms with Gasteiger partial charge in [-0.1, -0.05) is 13.3 Å². The summed E-state index contributed by atoms with van der Waals surface area (Å²) in [5.74, 6) is -1.05. The standard InChI is InChI=1S/C12H17NO3S/c1-3-5-8-13(4-2)11(14)9-6-7-10(17-9)12(15)16/h6-7H,3-5,8H2,1-2H3,(H,15,16). The lowest BCUT2D eigenvalue weighted by Crippen LogP contribution is -2.31. The van der Waals surface area contributed by atoms with Crippen LogP contribution in [0.2, 0.25) is 0 Å². The molecule has 1 rings (SSSR count). The van der Waals surface area contributed by atoms with E-state index in [1.165, 1.54) is 6.07 Å². The van der Waals surface area contributed by atoms with E-state index in [4.69, 9.17) is 5.11 Å². The van der Waals surface area contributed by atoms with Gasteiger partial charge in [0.2, 0.25) is 0 Å².